The van der Waals surface area contributed by atoms with Crippen LogP contribution in [0, 0.1) is 5.82 Å². The number of benzene rings is 1. The summed E-state index contributed by atoms with van der Waals surface area (Å²) in [6, 6.07) is 7.20. The van der Waals surface area contributed by atoms with Crippen LogP contribution in [0.1, 0.15) is 34.5 Å². The van der Waals surface area contributed by atoms with Crippen LogP contribution in [0.5, 0.6) is 0 Å². The number of likely N-dealkylation sites (tertiary alicyclic amines) is 1. The van der Waals surface area contributed by atoms with Gasteiger partial charge in [-0.15, -0.1) is 0 Å². The molecule has 0 spiro atoms. The molecule has 1 saturated heterocycles. The second-order valence-corrected chi connectivity index (χ2v) is 6.37. The number of halogens is 4. The van der Waals surface area contributed by atoms with Crippen molar-refractivity contribution in [2.24, 2.45) is 0 Å². The average molecular weight is 395 g/mol. The fourth-order valence-electron chi connectivity index (χ4n) is 3.04. The molecule has 1 aromatic carbocycles. The summed E-state index contributed by atoms with van der Waals surface area (Å²) in [5.41, 5.74) is 1.35. The summed E-state index contributed by atoms with van der Waals surface area (Å²) in [7, 11) is 0. The highest BCUT2D eigenvalue weighted by Gasteiger charge is 2.40. The summed E-state index contributed by atoms with van der Waals surface area (Å²) in [6.07, 6.45) is -4.28. The van der Waals surface area contributed by atoms with E-state index >= 15 is 0 Å². The Kier molecular flexibility index (Phi) is 4.36. The van der Waals surface area contributed by atoms with Crippen LogP contribution in [0.3, 0.4) is 0 Å². The van der Waals surface area contributed by atoms with Crippen LogP contribution < -0.4 is 0 Å². The highest BCUT2D eigenvalue weighted by Crippen LogP contribution is 2.31. The summed E-state index contributed by atoms with van der Waals surface area (Å²) in [5, 5.41) is 10.1. The molecule has 3 heterocycles. The van der Waals surface area contributed by atoms with Gasteiger partial charge in [0.05, 0.1) is 5.69 Å². The van der Waals surface area contributed by atoms with E-state index in [-0.39, 0.29) is 29.8 Å². The number of rotatable bonds is 3. The van der Waals surface area contributed by atoms with E-state index in [9.17, 15) is 22.4 Å². The van der Waals surface area contributed by atoms with Crippen LogP contribution in [-0.2, 0) is 6.18 Å². The highest BCUT2D eigenvalue weighted by atomic mass is 19.4. The van der Waals surface area contributed by atoms with Crippen molar-refractivity contribution in [1.82, 2.24) is 25.2 Å². The molecule has 7 nitrogen and oxygen atoms in total. The minimum Gasteiger partial charge on any atom is -0.337 e. The summed E-state index contributed by atoms with van der Waals surface area (Å²) >= 11 is 0. The van der Waals surface area contributed by atoms with Crippen molar-refractivity contribution in [3.8, 4) is 11.3 Å². The summed E-state index contributed by atoms with van der Waals surface area (Å²) in [6.45, 7) is 0.505. The first kappa shape index (κ1) is 18.1. The highest BCUT2D eigenvalue weighted by molar-refractivity contribution is 5.93. The van der Waals surface area contributed by atoms with E-state index in [0.29, 0.717) is 24.2 Å². The van der Waals surface area contributed by atoms with Gasteiger partial charge >= 0.3 is 12.1 Å². The van der Waals surface area contributed by atoms with Gasteiger partial charge in [0.2, 0.25) is 0 Å². The van der Waals surface area contributed by atoms with Gasteiger partial charge in [-0.05, 0) is 36.8 Å². The van der Waals surface area contributed by atoms with Crippen molar-refractivity contribution in [2.45, 2.75) is 18.5 Å². The van der Waals surface area contributed by atoms with Crippen LogP contribution >= 0.6 is 0 Å². The fraction of sp³-hybridized carbons (Fsp3) is 0.294. The van der Waals surface area contributed by atoms with E-state index < -0.39 is 18.0 Å². The predicted octanol–water partition coefficient (Wildman–Crippen LogP) is 3.25. The van der Waals surface area contributed by atoms with E-state index in [4.69, 9.17) is 0 Å². The van der Waals surface area contributed by atoms with Crippen molar-refractivity contribution in [2.75, 3.05) is 13.1 Å². The van der Waals surface area contributed by atoms with Gasteiger partial charge in [-0.2, -0.15) is 23.3 Å². The second kappa shape index (κ2) is 6.73. The lowest BCUT2D eigenvalue weighted by Gasteiger charge is -2.14. The molecule has 146 valence electrons. The van der Waals surface area contributed by atoms with E-state index in [1.54, 1.807) is 18.2 Å². The number of nitrogens with one attached hydrogen (secondary N) is 1. The number of nitrogens with zero attached hydrogens (tertiary/aromatic N) is 4. The lowest BCUT2D eigenvalue weighted by atomic mass is 10.1. The molecule has 3 aromatic rings. The average Bonchev–Trinajstić information content (AvgIpc) is 3.39. The molecule has 28 heavy (non-hydrogen) atoms. The van der Waals surface area contributed by atoms with Gasteiger partial charge in [-0.3, -0.25) is 9.89 Å². The van der Waals surface area contributed by atoms with Gasteiger partial charge in [-0.25, -0.2) is 4.39 Å². The molecule has 1 fully saturated rings. The van der Waals surface area contributed by atoms with Gasteiger partial charge in [0.1, 0.15) is 11.5 Å². The van der Waals surface area contributed by atoms with Gasteiger partial charge < -0.3 is 9.42 Å². The van der Waals surface area contributed by atoms with E-state index in [0.717, 1.165) is 0 Å². The maximum Gasteiger partial charge on any atom is 0.471 e. The zero-order valence-electron chi connectivity index (χ0n) is 14.2. The Morgan fingerprint density at radius 1 is 1.25 bits per heavy atom. The standard InChI is InChI=1S/C17H13F4N5O2/c18-11-3-1-9(2-4-11)12-7-13(24-23-12)15(27)26-6-5-10(8-26)14-22-16(28-25-14)17(19,20)21/h1-4,7,10H,5-6,8H2,(H,23,24). The van der Waals surface area contributed by atoms with Crippen LogP contribution in [-0.4, -0.2) is 44.2 Å². The molecular formula is C17H13F4N5O2. The SMILES string of the molecule is O=C(c1cc(-c2ccc(F)cc2)n[nH]1)N1CCC(c2noc(C(F)(F)F)n2)C1. The Hall–Kier alpha value is -3.24. The number of H-pyrrole nitrogens is 1. The summed E-state index contributed by atoms with van der Waals surface area (Å²) < 4.78 is 55.0. The van der Waals surface area contributed by atoms with Gasteiger partial charge in [0, 0.05) is 24.6 Å². The summed E-state index contributed by atoms with van der Waals surface area (Å²) in [4.78, 5) is 17.5. The molecular weight excluding hydrogens is 382 g/mol. The Bertz CT molecular complexity index is 996. The third kappa shape index (κ3) is 3.47. The normalized spacial score (nSPS) is 17.3. The Morgan fingerprint density at radius 2 is 2.00 bits per heavy atom. The lowest BCUT2D eigenvalue weighted by molar-refractivity contribution is -0.159. The minimum atomic E-state index is -4.70. The summed E-state index contributed by atoms with van der Waals surface area (Å²) in [5.74, 6) is -2.64. The predicted molar refractivity (Wildman–Crippen MR) is 86.5 cm³/mol. The number of aromatic nitrogens is 4. The molecule has 1 amide bonds. The monoisotopic (exact) mass is 395 g/mol. The topological polar surface area (TPSA) is 87.9 Å². The smallest absolute Gasteiger partial charge is 0.337 e. The molecule has 0 radical (unpaired) electrons. The zero-order valence-corrected chi connectivity index (χ0v) is 14.2. The van der Waals surface area contributed by atoms with E-state index in [1.165, 1.54) is 17.0 Å². The molecule has 1 aliphatic heterocycles. The molecule has 1 N–H and O–H groups in total. The number of amides is 1. The number of aromatic amines is 1. The maximum atomic E-state index is 13.0. The van der Waals surface area contributed by atoms with Crippen molar-refractivity contribution < 1.29 is 26.9 Å². The van der Waals surface area contributed by atoms with Gasteiger partial charge in [0.25, 0.3) is 5.91 Å². The van der Waals surface area contributed by atoms with Crippen molar-refractivity contribution >= 4 is 5.91 Å². The van der Waals surface area contributed by atoms with E-state index in [1.807, 2.05) is 0 Å². The molecule has 1 aliphatic rings. The molecule has 0 aliphatic carbocycles. The minimum absolute atomic E-state index is 0.0702. The molecule has 0 saturated carbocycles. The molecule has 1 unspecified atom stereocenters. The molecule has 0 bridgehead atoms. The largest absolute Gasteiger partial charge is 0.471 e. The lowest BCUT2D eigenvalue weighted by Crippen LogP contribution is -2.28. The number of hydrogen-bond donors (Lipinski definition) is 1. The number of alkyl halides is 3. The van der Waals surface area contributed by atoms with Crippen LogP contribution in [0.2, 0.25) is 0 Å². The third-order valence-electron chi connectivity index (χ3n) is 4.47. The van der Waals surface area contributed by atoms with Crippen molar-refractivity contribution in [3.05, 3.63) is 53.6 Å². The Labute approximate surface area is 155 Å². The van der Waals surface area contributed by atoms with Crippen molar-refractivity contribution in [3.63, 3.8) is 0 Å². The second-order valence-electron chi connectivity index (χ2n) is 6.37. The van der Waals surface area contributed by atoms with E-state index in [2.05, 4.69) is 24.9 Å². The first-order valence-electron chi connectivity index (χ1n) is 8.32. The molecule has 1 atom stereocenters. The van der Waals surface area contributed by atoms with Crippen LogP contribution in [0.4, 0.5) is 17.6 Å². The maximum absolute atomic E-state index is 13.0. The van der Waals surface area contributed by atoms with Gasteiger partial charge in [-0.1, -0.05) is 5.16 Å². The zero-order chi connectivity index (χ0) is 19.9. The van der Waals surface area contributed by atoms with Crippen LogP contribution in [0.25, 0.3) is 11.3 Å². The molecule has 11 heteroatoms. The third-order valence-corrected chi connectivity index (χ3v) is 4.47. The van der Waals surface area contributed by atoms with Gasteiger partial charge in [0.15, 0.2) is 5.82 Å². The number of hydrogen-bond acceptors (Lipinski definition) is 5. The Balaban J connectivity index is 1.45. The molecule has 4 rings (SSSR count). The first-order valence-corrected chi connectivity index (χ1v) is 8.32. The first-order chi connectivity index (χ1) is 13.3. The Morgan fingerprint density at radius 3 is 2.68 bits per heavy atom. The fourth-order valence-corrected chi connectivity index (χ4v) is 3.04. The number of carbonyl (C=O) groups is 1. The number of carbonyl (C=O) groups excluding carboxylic acids is 1. The van der Waals surface area contributed by atoms with Crippen molar-refractivity contribution in [1.29, 1.82) is 0 Å². The van der Waals surface area contributed by atoms with Crippen LogP contribution in [0.15, 0.2) is 34.9 Å². The molecule has 2 aromatic heterocycles. The quantitative estimate of drug-likeness (QED) is 0.688.